The smallest absolute Gasteiger partial charge is 0.220 e. The number of unbranched alkanes of at least 4 members (excludes halogenated alkanes) is 21. The maximum Gasteiger partial charge on any atom is 0.220 e. The molecule has 4 nitrogen and oxygen atoms in total. The molecule has 0 spiro atoms. The summed E-state index contributed by atoms with van der Waals surface area (Å²) in [5.41, 5.74) is 0. The molecular formula is C35H67NO3. The zero-order valence-electron chi connectivity index (χ0n) is 26.2. The van der Waals surface area contributed by atoms with E-state index < -0.39 is 12.1 Å². The van der Waals surface area contributed by atoms with Gasteiger partial charge in [-0.25, -0.2) is 0 Å². The van der Waals surface area contributed by atoms with Crippen molar-refractivity contribution >= 4 is 5.91 Å². The molecule has 1 amide bonds. The van der Waals surface area contributed by atoms with Crippen LogP contribution in [0.25, 0.3) is 0 Å². The minimum Gasteiger partial charge on any atom is -0.394 e. The molecule has 0 aromatic rings. The van der Waals surface area contributed by atoms with E-state index in [1.807, 2.05) is 6.08 Å². The van der Waals surface area contributed by atoms with Crippen LogP contribution >= 0.6 is 0 Å². The Morgan fingerprint density at radius 1 is 0.590 bits per heavy atom. The molecule has 4 heteroatoms. The number of hydrogen-bond acceptors (Lipinski definition) is 3. The molecule has 0 aliphatic rings. The highest BCUT2D eigenvalue weighted by Crippen LogP contribution is 2.13. The van der Waals surface area contributed by atoms with Crippen LogP contribution in [0.3, 0.4) is 0 Å². The quantitative estimate of drug-likeness (QED) is 0.0617. The average molecular weight is 550 g/mol. The van der Waals surface area contributed by atoms with Gasteiger partial charge in [-0.15, -0.1) is 0 Å². The third-order valence-electron chi connectivity index (χ3n) is 7.69. The van der Waals surface area contributed by atoms with E-state index in [1.54, 1.807) is 6.08 Å². The molecule has 0 fully saturated rings. The van der Waals surface area contributed by atoms with Crippen LogP contribution in [-0.4, -0.2) is 34.9 Å². The van der Waals surface area contributed by atoms with Crippen LogP contribution in [-0.2, 0) is 4.79 Å². The lowest BCUT2D eigenvalue weighted by Gasteiger charge is -2.19. The summed E-state index contributed by atoms with van der Waals surface area (Å²) >= 11 is 0. The second-order valence-electron chi connectivity index (χ2n) is 11.6. The van der Waals surface area contributed by atoms with Crippen molar-refractivity contribution < 1.29 is 15.0 Å². The van der Waals surface area contributed by atoms with E-state index in [2.05, 4.69) is 31.3 Å². The monoisotopic (exact) mass is 550 g/mol. The van der Waals surface area contributed by atoms with Gasteiger partial charge in [-0.1, -0.05) is 160 Å². The lowest BCUT2D eigenvalue weighted by Crippen LogP contribution is -2.45. The maximum absolute atomic E-state index is 12.2. The predicted molar refractivity (Wildman–Crippen MR) is 170 cm³/mol. The zero-order valence-corrected chi connectivity index (χ0v) is 26.2. The van der Waals surface area contributed by atoms with Crippen LogP contribution in [0.15, 0.2) is 24.3 Å². The summed E-state index contributed by atoms with van der Waals surface area (Å²) in [5, 5.41) is 22.8. The normalized spacial score (nSPS) is 13.4. The molecule has 2 unspecified atom stereocenters. The Morgan fingerprint density at radius 3 is 1.49 bits per heavy atom. The van der Waals surface area contributed by atoms with Crippen molar-refractivity contribution in [2.45, 2.75) is 187 Å². The van der Waals surface area contributed by atoms with Crippen molar-refractivity contribution in [2.24, 2.45) is 0 Å². The van der Waals surface area contributed by atoms with Crippen LogP contribution < -0.4 is 5.32 Å². The first-order valence-electron chi connectivity index (χ1n) is 17.1. The van der Waals surface area contributed by atoms with Gasteiger partial charge in [0.1, 0.15) is 0 Å². The Morgan fingerprint density at radius 2 is 1.00 bits per heavy atom. The molecular weight excluding hydrogens is 482 g/mol. The summed E-state index contributed by atoms with van der Waals surface area (Å²) in [5.74, 6) is -0.0774. The third kappa shape index (κ3) is 28.2. The summed E-state index contributed by atoms with van der Waals surface area (Å²) in [6.45, 7) is 4.27. The summed E-state index contributed by atoms with van der Waals surface area (Å²) in [6, 6.07) is -0.631. The highest BCUT2D eigenvalue weighted by molar-refractivity contribution is 5.76. The van der Waals surface area contributed by atoms with Crippen LogP contribution in [0, 0.1) is 0 Å². The standard InChI is InChI=1S/C35H67NO3/c1-3-5-7-9-11-13-15-16-17-18-19-20-21-22-24-26-28-30-34(38)33(32-37)36-35(39)31-29-27-25-23-14-12-10-8-6-4-2/h21-22,28,30,33-34,37-38H,3-20,23-27,29,31-32H2,1-2H3,(H,36,39)/b22-21+,30-28+. The van der Waals surface area contributed by atoms with Crippen molar-refractivity contribution in [3.63, 3.8) is 0 Å². The largest absolute Gasteiger partial charge is 0.394 e. The Labute approximate surface area is 243 Å². The van der Waals surface area contributed by atoms with Gasteiger partial charge in [0.15, 0.2) is 0 Å². The van der Waals surface area contributed by atoms with Crippen LogP contribution in [0.5, 0.6) is 0 Å². The van der Waals surface area contributed by atoms with Crippen molar-refractivity contribution in [1.82, 2.24) is 5.32 Å². The average Bonchev–Trinajstić information content (AvgIpc) is 2.94. The minimum atomic E-state index is -0.855. The summed E-state index contributed by atoms with van der Waals surface area (Å²) in [7, 11) is 0. The fraction of sp³-hybridized carbons (Fsp3) is 0.857. The van der Waals surface area contributed by atoms with Crippen molar-refractivity contribution in [1.29, 1.82) is 0 Å². The van der Waals surface area contributed by atoms with E-state index in [0.29, 0.717) is 6.42 Å². The Kier molecular flexibility index (Phi) is 30.5. The van der Waals surface area contributed by atoms with Gasteiger partial charge < -0.3 is 15.5 Å². The molecule has 0 heterocycles. The predicted octanol–water partition coefficient (Wildman–Crippen LogP) is 9.73. The molecule has 0 radical (unpaired) electrons. The molecule has 0 saturated heterocycles. The molecule has 2 atom stereocenters. The SMILES string of the molecule is CCCCCCCCCCCCC/C=C/CC/C=C/C(O)C(CO)NC(=O)CCCCCCCCCCCC. The minimum absolute atomic E-state index is 0.0774. The van der Waals surface area contributed by atoms with Gasteiger partial charge >= 0.3 is 0 Å². The number of aliphatic hydroxyl groups is 2. The number of hydrogen-bond donors (Lipinski definition) is 3. The van der Waals surface area contributed by atoms with Gasteiger partial charge in [0.2, 0.25) is 5.91 Å². The Hall–Kier alpha value is -1.13. The van der Waals surface area contributed by atoms with Gasteiger partial charge in [0.05, 0.1) is 18.8 Å². The van der Waals surface area contributed by atoms with Crippen LogP contribution in [0.4, 0.5) is 0 Å². The van der Waals surface area contributed by atoms with Crippen LogP contribution in [0.2, 0.25) is 0 Å². The van der Waals surface area contributed by atoms with E-state index in [-0.39, 0.29) is 12.5 Å². The third-order valence-corrected chi connectivity index (χ3v) is 7.69. The second-order valence-corrected chi connectivity index (χ2v) is 11.6. The van der Waals surface area contributed by atoms with Gasteiger partial charge in [-0.3, -0.25) is 4.79 Å². The first kappa shape index (κ1) is 37.9. The van der Waals surface area contributed by atoms with Gasteiger partial charge in [-0.05, 0) is 32.1 Å². The van der Waals surface area contributed by atoms with E-state index in [9.17, 15) is 15.0 Å². The molecule has 0 saturated carbocycles. The molecule has 0 aromatic heterocycles. The lowest BCUT2D eigenvalue weighted by molar-refractivity contribution is -0.123. The van der Waals surface area contributed by atoms with E-state index >= 15 is 0 Å². The van der Waals surface area contributed by atoms with E-state index in [4.69, 9.17) is 0 Å². The number of rotatable bonds is 30. The van der Waals surface area contributed by atoms with Crippen molar-refractivity contribution in [2.75, 3.05) is 6.61 Å². The first-order chi connectivity index (χ1) is 19.2. The number of carbonyl (C=O) groups excluding carboxylic acids is 1. The fourth-order valence-electron chi connectivity index (χ4n) is 5.02. The number of aliphatic hydroxyl groups excluding tert-OH is 2. The molecule has 0 aliphatic heterocycles. The highest BCUT2D eigenvalue weighted by Gasteiger charge is 2.17. The topological polar surface area (TPSA) is 69.6 Å². The summed E-state index contributed by atoms with van der Waals surface area (Å²) in [6.07, 6.45) is 38.3. The molecule has 0 aliphatic carbocycles. The highest BCUT2D eigenvalue weighted by atomic mass is 16.3. The van der Waals surface area contributed by atoms with Crippen molar-refractivity contribution in [3.8, 4) is 0 Å². The fourth-order valence-corrected chi connectivity index (χ4v) is 5.02. The zero-order chi connectivity index (χ0) is 28.7. The molecule has 39 heavy (non-hydrogen) atoms. The van der Waals surface area contributed by atoms with Crippen LogP contribution in [0.1, 0.15) is 174 Å². The second kappa shape index (κ2) is 31.4. The molecule has 230 valence electrons. The van der Waals surface area contributed by atoms with E-state index in [0.717, 1.165) is 32.1 Å². The number of amides is 1. The van der Waals surface area contributed by atoms with E-state index in [1.165, 1.54) is 122 Å². The number of carbonyl (C=O) groups is 1. The Bertz CT molecular complexity index is 560. The summed E-state index contributed by atoms with van der Waals surface area (Å²) in [4.78, 5) is 12.2. The maximum atomic E-state index is 12.2. The number of allylic oxidation sites excluding steroid dienone is 3. The lowest BCUT2D eigenvalue weighted by atomic mass is 10.1. The Balaban J connectivity index is 3.68. The number of nitrogens with one attached hydrogen (secondary N) is 1. The first-order valence-corrected chi connectivity index (χ1v) is 17.1. The molecule has 3 N–H and O–H groups in total. The summed E-state index contributed by atoms with van der Waals surface area (Å²) < 4.78 is 0. The molecule has 0 rings (SSSR count). The molecule has 0 bridgehead atoms. The van der Waals surface area contributed by atoms with Gasteiger partial charge in [0, 0.05) is 6.42 Å². The van der Waals surface area contributed by atoms with Crippen molar-refractivity contribution in [3.05, 3.63) is 24.3 Å². The van der Waals surface area contributed by atoms with Gasteiger partial charge in [-0.2, -0.15) is 0 Å². The van der Waals surface area contributed by atoms with Gasteiger partial charge in [0.25, 0.3) is 0 Å². The molecule has 0 aromatic carbocycles.